The number of nitrogens with zero attached hydrogens (tertiary/aromatic N) is 4. The molecule has 3 aliphatic heterocycles. The largest absolute Gasteiger partial charge is 0.467 e. The van der Waals surface area contributed by atoms with Gasteiger partial charge in [-0.05, 0) is 43.9 Å². The minimum atomic E-state index is -0.0760. The Morgan fingerprint density at radius 3 is 2.67 bits per heavy atom. The van der Waals surface area contributed by atoms with Crippen LogP contribution in [0.2, 0.25) is 10.0 Å². The summed E-state index contributed by atoms with van der Waals surface area (Å²) in [6.07, 6.45) is 3.54. The van der Waals surface area contributed by atoms with Gasteiger partial charge in [0, 0.05) is 50.3 Å². The van der Waals surface area contributed by atoms with Gasteiger partial charge >= 0.3 is 6.01 Å². The number of likely N-dealkylation sites (tertiary alicyclic amines) is 1. The Bertz CT molecular complexity index is 1110. The lowest BCUT2D eigenvalue weighted by Gasteiger charge is -2.49. The van der Waals surface area contributed by atoms with E-state index in [9.17, 15) is 4.79 Å². The zero-order valence-electron chi connectivity index (χ0n) is 20.7. The molecule has 0 N–H and O–H groups in total. The van der Waals surface area contributed by atoms with E-state index >= 15 is 0 Å². The van der Waals surface area contributed by atoms with Crippen LogP contribution in [-0.4, -0.2) is 90.4 Å². The third kappa shape index (κ3) is 5.34. The van der Waals surface area contributed by atoms with E-state index < -0.39 is 0 Å². The summed E-state index contributed by atoms with van der Waals surface area (Å²) in [4.78, 5) is 27.1. The molecule has 0 radical (unpaired) electrons. The third-order valence-electron chi connectivity index (χ3n) is 7.56. The second-order valence-electron chi connectivity index (χ2n) is 9.66. The zero-order chi connectivity index (χ0) is 25.2. The monoisotopic (exact) mass is 534 g/mol. The summed E-state index contributed by atoms with van der Waals surface area (Å²) < 4.78 is 16.9. The molecule has 5 rings (SSSR count). The van der Waals surface area contributed by atoms with Crippen molar-refractivity contribution in [3.63, 3.8) is 0 Å². The average molecular weight is 535 g/mol. The van der Waals surface area contributed by atoms with Crippen LogP contribution in [0.1, 0.15) is 46.6 Å². The lowest BCUT2D eigenvalue weighted by atomic mass is 9.95. The molecule has 194 valence electrons. The first-order valence-electron chi connectivity index (χ1n) is 12.5. The number of aromatic nitrogens is 2. The molecule has 36 heavy (non-hydrogen) atoms. The quantitative estimate of drug-likeness (QED) is 0.577. The Kier molecular flexibility index (Phi) is 7.98. The average Bonchev–Trinajstić information content (AvgIpc) is 2.91. The fourth-order valence-electron chi connectivity index (χ4n) is 5.57. The molecule has 0 bridgehead atoms. The molecule has 0 spiro atoms. The summed E-state index contributed by atoms with van der Waals surface area (Å²) in [6.45, 7) is 6.44. The van der Waals surface area contributed by atoms with Crippen LogP contribution >= 0.6 is 23.2 Å². The van der Waals surface area contributed by atoms with Crippen LogP contribution in [0.3, 0.4) is 0 Å². The maximum atomic E-state index is 13.6. The molecule has 4 heterocycles. The van der Waals surface area contributed by atoms with E-state index in [1.807, 2.05) is 24.0 Å². The van der Waals surface area contributed by atoms with Gasteiger partial charge in [0.1, 0.15) is 5.69 Å². The number of ether oxygens (including phenoxy) is 3. The number of amides is 1. The number of halogens is 2. The van der Waals surface area contributed by atoms with Gasteiger partial charge in [-0.1, -0.05) is 29.3 Å². The van der Waals surface area contributed by atoms with E-state index in [0.29, 0.717) is 53.9 Å². The Labute approximate surface area is 221 Å². The van der Waals surface area contributed by atoms with Crippen molar-refractivity contribution in [2.24, 2.45) is 0 Å². The van der Waals surface area contributed by atoms with Gasteiger partial charge in [-0.2, -0.15) is 9.97 Å². The highest BCUT2D eigenvalue weighted by Gasteiger charge is 2.39. The van der Waals surface area contributed by atoms with Crippen molar-refractivity contribution in [2.75, 3.05) is 46.6 Å². The first-order valence-corrected chi connectivity index (χ1v) is 13.3. The fourth-order valence-corrected chi connectivity index (χ4v) is 5.89. The predicted molar refractivity (Wildman–Crippen MR) is 137 cm³/mol. The third-order valence-corrected chi connectivity index (χ3v) is 8.30. The van der Waals surface area contributed by atoms with Crippen molar-refractivity contribution in [1.29, 1.82) is 0 Å². The summed E-state index contributed by atoms with van der Waals surface area (Å²) in [7, 11) is 1.51. The summed E-state index contributed by atoms with van der Waals surface area (Å²) in [5.41, 5.74) is 2.83. The number of methoxy groups -OCH3 is 1. The van der Waals surface area contributed by atoms with E-state index in [1.165, 1.54) is 7.11 Å². The normalized spacial score (nSPS) is 23.4. The number of piperidine rings is 1. The van der Waals surface area contributed by atoms with Crippen LogP contribution in [0, 0.1) is 6.92 Å². The number of hydrogen-bond acceptors (Lipinski definition) is 7. The van der Waals surface area contributed by atoms with Gasteiger partial charge in [-0.3, -0.25) is 9.69 Å². The standard InChI is InChI=1S/C26H32Cl2N4O4/c1-16-21(14-17-3-4-19(27)20(28)13-17)29-26(34-2)30-24(16)25(33)31-8-5-18(6-9-31)32-10-12-36-23-15-35-11-7-22(23)32/h3-4,13,18,22-23H,5-12,14-15H2,1-2H3/t22-,23+/m0/s1. The summed E-state index contributed by atoms with van der Waals surface area (Å²) in [6, 6.07) is 6.54. The molecule has 10 heteroatoms. The topological polar surface area (TPSA) is 77.0 Å². The summed E-state index contributed by atoms with van der Waals surface area (Å²) in [5.74, 6) is -0.0760. The number of carbonyl (C=O) groups is 1. The number of morpholine rings is 1. The van der Waals surface area contributed by atoms with Crippen LogP contribution in [0.25, 0.3) is 0 Å². The zero-order valence-corrected chi connectivity index (χ0v) is 22.2. The Morgan fingerprint density at radius 1 is 1.11 bits per heavy atom. The highest BCUT2D eigenvalue weighted by Crippen LogP contribution is 2.29. The van der Waals surface area contributed by atoms with Crippen LogP contribution in [0.15, 0.2) is 18.2 Å². The van der Waals surface area contributed by atoms with E-state index in [4.69, 9.17) is 37.4 Å². The van der Waals surface area contributed by atoms with E-state index in [-0.39, 0.29) is 18.0 Å². The number of rotatable bonds is 5. The van der Waals surface area contributed by atoms with Gasteiger partial charge in [0.2, 0.25) is 0 Å². The Morgan fingerprint density at radius 2 is 1.92 bits per heavy atom. The second-order valence-corrected chi connectivity index (χ2v) is 10.5. The van der Waals surface area contributed by atoms with Gasteiger partial charge in [0.25, 0.3) is 5.91 Å². The van der Waals surface area contributed by atoms with Gasteiger partial charge in [0.15, 0.2) is 0 Å². The Balaban J connectivity index is 1.29. The summed E-state index contributed by atoms with van der Waals surface area (Å²) in [5, 5.41) is 0.987. The molecular weight excluding hydrogens is 503 g/mol. The van der Waals surface area contributed by atoms with Crippen molar-refractivity contribution in [3.05, 3.63) is 50.8 Å². The minimum absolute atomic E-state index is 0.0760. The molecule has 0 saturated carbocycles. The van der Waals surface area contributed by atoms with Gasteiger partial charge in [-0.25, -0.2) is 0 Å². The van der Waals surface area contributed by atoms with Gasteiger partial charge < -0.3 is 19.1 Å². The molecule has 0 aliphatic carbocycles. The fraction of sp³-hybridized carbons (Fsp3) is 0.577. The molecule has 3 saturated heterocycles. The first kappa shape index (κ1) is 25.7. The van der Waals surface area contributed by atoms with Crippen molar-refractivity contribution in [3.8, 4) is 6.01 Å². The highest BCUT2D eigenvalue weighted by atomic mass is 35.5. The van der Waals surface area contributed by atoms with Crippen LogP contribution in [0.4, 0.5) is 0 Å². The van der Waals surface area contributed by atoms with E-state index in [2.05, 4.69) is 14.9 Å². The molecular formula is C26H32Cl2N4O4. The minimum Gasteiger partial charge on any atom is -0.467 e. The summed E-state index contributed by atoms with van der Waals surface area (Å²) >= 11 is 12.3. The SMILES string of the molecule is COc1nc(Cc2ccc(Cl)c(Cl)c2)c(C)c(C(=O)N2CCC(N3CCO[C@@H]4COCC[C@@H]43)CC2)n1. The molecule has 3 aliphatic rings. The molecule has 2 atom stereocenters. The first-order chi connectivity index (χ1) is 17.4. The molecule has 3 fully saturated rings. The molecule has 1 aromatic heterocycles. The maximum absolute atomic E-state index is 13.6. The lowest BCUT2D eigenvalue weighted by Crippen LogP contribution is -2.60. The van der Waals surface area contributed by atoms with Crippen molar-refractivity contribution >= 4 is 29.1 Å². The lowest BCUT2D eigenvalue weighted by molar-refractivity contribution is -0.148. The predicted octanol–water partition coefficient (Wildman–Crippen LogP) is 3.79. The molecule has 1 amide bonds. The maximum Gasteiger partial charge on any atom is 0.317 e. The van der Waals surface area contributed by atoms with Gasteiger partial charge in [-0.15, -0.1) is 0 Å². The highest BCUT2D eigenvalue weighted by molar-refractivity contribution is 6.42. The molecule has 2 aromatic rings. The number of benzene rings is 1. The van der Waals surface area contributed by atoms with E-state index in [1.54, 1.807) is 6.07 Å². The van der Waals surface area contributed by atoms with E-state index in [0.717, 1.165) is 55.8 Å². The van der Waals surface area contributed by atoms with Gasteiger partial charge in [0.05, 0.1) is 42.2 Å². The number of fused-ring (bicyclic) bond motifs is 1. The van der Waals surface area contributed by atoms with Crippen molar-refractivity contribution in [1.82, 2.24) is 19.8 Å². The number of hydrogen-bond donors (Lipinski definition) is 0. The van der Waals surface area contributed by atoms with Crippen LogP contribution in [-0.2, 0) is 15.9 Å². The second kappa shape index (κ2) is 11.2. The van der Waals surface area contributed by atoms with Crippen LogP contribution < -0.4 is 4.74 Å². The smallest absolute Gasteiger partial charge is 0.317 e. The number of carbonyl (C=O) groups excluding carboxylic acids is 1. The molecule has 8 nitrogen and oxygen atoms in total. The molecule has 0 unspecified atom stereocenters. The van der Waals surface area contributed by atoms with Crippen molar-refractivity contribution < 1.29 is 19.0 Å². The molecule has 1 aromatic carbocycles. The van der Waals surface area contributed by atoms with Crippen LogP contribution in [0.5, 0.6) is 6.01 Å². The van der Waals surface area contributed by atoms with Crippen molar-refractivity contribution in [2.45, 2.75) is 50.8 Å². The Hall–Kier alpha value is -1.97.